The van der Waals surface area contributed by atoms with Crippen LogP contribution in [0.4, 0.5) is 0 Å². The Balaban J connectivity index is 1.14. The molecule has 3 heterocycles. The van der Waals surface area contributed by atoms with Gasteiger partial charge in [0.05, 0.1) is 29.1 Å². The Hall–Kier alpha value is -5.98. The summed E-state index contributed by atoms with van der Waals surface area (Å²) in [5, 5.41) is 5.61. The molecule has 0 fully saturated rings. The third-order valence-electron chi connectivity index (χ3n) is 8.50. The zero-order valence-corrected chi connectivity index (χ0v) is 25.4. The van der Waals surface area contributed by atoms with E-state index in [-0.39, 0.29) is 0 Å². The highest BCUT2D eigenvalue weighted by atomic mass is 32.1. The average Bonchev–Trinajstić information content (AvgIpc) is 3.76. The van der Waals surface area contributed by atoms with Crippen LogP contribution in [-0.2, 0) is 0 Å². The lowest BCUT2D eigenvalue weighted by Crippen LogP contribution is -1.97. The molecule has 216 valence electrons. The lowest BCUT2D eigenvalue weighted by atomic mass is 9.97. The van der Waals surface area contributed by atoms with E-state index in [2.05, 4.69) is 114 Å². The van der Waals surface area contributed by atoms with E-state index < -0.39 is 0 Å². The minimum Gasteiger partial charge on any atom is -0.306 e. The van der Waals surface area contributed by atoms with E-state index in [1.807, 2.05) is 42.7 Å². The molecule has 0 amide bonds. The third-order valence-corrected chi connectivity index (χ3v) is 9.27. The molecule has 6 aromatic carbocycles. The van der Waals surface area contributed by atoms with Crippen LogP contribution in [-0.4, -0.2) is 23.9 Å². The van der Waals surface area contributed by atoms with Crippen molar-refractivity contribution >= 4 is 44.1 Å². The Kier molecular flexibility index (Phi) is 6.25. The van der Waals surface area contributed by atoms with Gasteiger partial charge in [0.2, 0.25) is 0 Å². The molecule has 0 unspecified atom stereocenters. The molecule has 0 atom stereocenters. The number of para-hydroxylation sites is 1. The van der Waals surface area contributed by atoms with E-state index in [1.54, 1.807) is 0 Å². The van der Waals surface area contributed by atoms with E-state index in [1.165, 1.54) is 27.9 Å². The van der Waals surface area contributed by atoms with Gasteiger partial charge in [-0.1, -0.05) is 121 Å². The van der Waals surface area contributed by atoms with Crippen LogP contribution in [0.2, 0.25) is 0 Å². The van der Waals surface area contributed by atoms with Crippen molar-refractivity contribution in [3.05, 3.63) is 152 Å². The monoisotopic (exact) mass is 607 g/mol. The first kappa shape index (κ1) is 26.4. The molecular formula is C40H25N5S. The normalized spacial score (nSPS) is 11.5. The van der Waals surface area contributed by atoms with E-state index in [9.17, 15) is 0 Å². The van der Waals surface area contributed by atoms with Gasteiger partial charge in [0.15, 0.2) is 11.6 Å². The quantitative estimate of drug-likeness (QED) is 0.195. The van der Waals surface area contributed by atoms with Gasteiger partial charge in [-0.15, -0.1) is 0 Å². The zero-order chi connectivity index (χ0) is 30.5. The topological polar surface area (TPSA) is 56.5 Å². The fourth-order valence-corrected chi connectivity index (χ4v) is 7.08. The van der Waals surface area contributed by atoms with Crippen LogP contribution in [0.25, 0.3) is 82.7 Å². The molecule has 0 aliphatic carbocycles. The molecule has 0 aliphatic rings. The zero-order valence-electron chi connectivity index (χ0n) is 24.6. The van der Waals surface area contributed by atoms with Crippen molar-refractivity contribution in [1.82, 2.24) is 23.9 Å². The summed E-state index contributed by atoms with van der Waals surface area (Å²) in [5.74, 6) is 1.43. The number of nitrogens with zero attached hydrogens (tertiary/aromatic N) is 5. The maximum atomic E-state index is 5.11. The average molecular weight is 608 g/mol. The minimum atomic E-state index is 0.703. The Labute approximate surface area is 269 Å². The molecule has 9 aromatic rings. The van der Waals surface area contributed by atoms with Crippen LogP contribution in [0.3, 0.4) is 0 Å². The largest absolute Gasteiger partial charge is 0.306 e. The van der Waals surface area contributed by atoms with Gasteiger partial charge in [0, 0.05) is 27.5 Å². The Morgan fingerprint density at radius 2 is 1.15 bits per heavy atom. The summed E-state index contributed by atoms with van der Waals surface area (Å²) in [6.45, 7) is 0. The molecule has 0 N–H and O–H groups in total. The van der Waals surface area contributed by atoms with E-state index in [0.29, 0.717) is 5.82 Å². The van der Waals surface area contributed by atoms with Gasteiger partial charge in [-0.3, -0.25) is 0 Å². The number of hydrogen-bond acceptors (Lipinski definition) is 5. The number of benzene rings is 6. The van der Waals surface area contributed by atoms with Crippen molar-refractivity contribution in [1.29, 1.82) is 0 Å². The van der Waals surface area contributed by atoms with Gasteiger partial charge < -0.3 is 4.57 Å². The number of fused-ring (bicyclic) bond motifs is 4. The van der Waals surface area contributed by atoms with Crippen molar-refractivity contribution in [2.75, 3.05) is 0 Å². The summed E-state index contributed by atoms with van der Waals surface area (Å²) < 4.78 is 7.12. The van der Waals surface area contributed by atoms with Gasteiger partial charge in [-0.25, -0.2) is 15.0 Å². The van der Waals surface area contributed by atoms with Crippen molar-refractivity contribution in [3.63, 3.8) is 0 Å². The van der Waals surface area contributed by atoms with Crippen molar-refractivity contribution in [2.45, 2.75) is 0 Å². The van der Waals surface area contributed by atoms with E-state index in [0.717, 1.165) is 60.6 Å². The maximum Gasteiger partial charge on any atom is 0.174 e. The van der Waals surface area contributed by atoms with Crippen LogP contribution in [0.5, 0.6) is 0 Å². The molecule has 9 rings (SSSR count). The summed E-state index contributed by atoms with van der Waals surface area (Å²) >= 11 is 1.43. The number of rotatable bonds is 5. The first-order valence-electron chi connectivity index (χ1n) is 15.1. The lowest BCUT2D eigenvalue weighted by Gasteiger charge is -2.08. The Morgan fingerprint density at radius 3 is 2.04 bits per heavy atom. The van der Waals surface area contributed by atoms with Crippen molar-refractivity contribution in [3.8, 4) is 50.2 Å². The van der Waals surface area contributed by atoms with Gasteiger partial charge in [-0.05, 0) is 51.6 Å². The van der Waals surface area contributed by atoms with Gasteiger partial charge in [0.1, 0.15) is 5.01 Å². The fourth-order valence-electron chi connectivity index (χ4n) is 6.40. The summed E-state index contributed by atoms with van der Waals surface area (Å²) in [5.41, 5.74) is 8.47. The Morgan fingerprint density at radius 1 is 0.500 bits per heavy atom. The predicted octanol–water partition coefficient (Wildman–Crippen LogP) is 10.2. The first-order valence-corrected chi connectivity index (χ1v) is 15.9. The van der Waals surface area contributed by atoms with Crippen LogP contribution >= 0.6 is 11.5 Å². The summed E-state index contributed by atoms with van der Waals surface area (Å²) in [6, 6.07) is 48.4. The van der Waals surface area contributed by atoms with Gasteiger partial charge >= 0.3 is 0 Å². The maximum absolute atomic E-state index is 5.11. The second-order valence-electron chi connectivity index (χ2n) is 11.2. The van der Waals surface area contributed by atoms with Crippen LogP contribution in [0, 0.1) is 0 Å². The SMILES string of the molecule is c1ccc(-c2ncc(-n3c4ccccc4c4c(-c5nsc(-c6cccc(-c7cccc8ccccc78)c6)n5)cccc43)cn2)cc1. The van der Waals surface area contributed by atoms with Crippen LogP contribution in [0.1, 0.15) is 0 Å². The highest BCUT2D eigenvalue weighted by Crippen LogP contribution is 2.39. The van der Waals surface area contributed by atoms with Crippen molar-refractivity contribution in [2.24, 2.45) is 0 Å². The molecule has 0 radical (unpaired) electrons. The summed E-state index contributed by atoms with van der Waals surface area (Å²) in [6.07, 6.45) is 3.80. The molecular weight excluding hydrogens is 583 g/mol. The highest BCUT2D eigenvalue weighted by Gasteiger charge is 2.19. The fraction of sp³-hybridized carbons (Fsp3) is 0. The smallest absolute Gasteiger partial charge is 0.174 e. The van der Waals surface area contributed by atoms with E-state index in [4.69, 9.17) is 19.3 Å². The second kappa shape index (κ2) is 10.9. The molecule has 6 heteroatoms. The van der Waals surface area contributed by atoms with Crippen LogP contribution < -0.4 is 0 Å². The highest BCUT2D eigenvalue weighted by molar-refractivity contribution is 7.09. The third kappa shape index (κ3) is 4.38. The first-order chi connectivity index (χ1) is 22.8. The standard InChI is InChI=1S/C40H25N5S/c1-2-12-27(13-3-1)38-41-24-30(25-42-38)45-35-21-7-6-18-33(35)37-34(20-10-22-36(37)45)39-43-40(46-44-39)29-16-8-15-28(23-29)32-19-9-14-26-11-4-5-17-31(26)32/h1-25H. The minimum absolute atomic E-state index is 0.703. The van der Waals surface area contributed by atoms with E-state index >= 15 is 0 Å². The molecule has 5 nitrogen and oxygen atoms in total. The number of aromatic nitrogens is 5. The number of hydrogen-bond donors (Lipinski definition) is 0. The molecule has 0 spiro atoms. The molecule has 0 saturated heterocycles. The second-order valence-corrected chi connectivity index (χ2v) is 12.0. The lowest BCUT2D eigenvalue weighted by molar-refractivity contribution is 1.08. The predicted molar refractivity (Wildman–Crippen MR) is 189 cm³/mol. The van der Waals surface area contributed by atoms with Crippen LogP contribution in [0.15, 0.2) is 152 Å². The molecule has 0 saturated carbocycles. The molecule has 0 aliphatic heterocycles. The molecule has 3 aromatic heterocycles. The molecule has 46 heavy (non-hydrogen) atoms. The van der Waals surface area contributed by atoms with Crippen molar-refractivity contribution < 1.29 is 0 Å². The van der Waals surface area contributed by atoms with Gasteiger partial charge in [0.25, 0.3) is 0 Å². The Bertz CT molecular complexity index is 2530. The summed E-state index contributed by atoms with van der Waals surface area (Å²) in [7, 11) is 0. The molecule has 0 bridgehead atoms. The summed E-state index contributed by atoms with van der Waals surface area (Å²) in [4.78, 5) is 14.6. The van der Waals surface area contributed by atoms with Gasteiger partial charge in [-0.2, -0.15) is 4.37 Å².